The summed E-state index contributed by atoms with van der Waals surface area (Å²) in [5, 5.41) is 5.07. The summed E-state index contributed by atoms with van der Waals surface area (Å²) in [5.41, 5.74) is 0. The average molecular weight is 332 g/mol. The van der Waals surface area contributed by atoms with Gasteiger partial charge in [0.15, 0.2) is 0 Å². The number of hydrogen-bond donors (Lipinski definition) is 1. The van der Waals surface area contributed by atoms with E-state index in [1.165, 1.54) is 11.3 Å². The minimum Gasteiger partial charge on any atom is -0.312 e. The van der Waals surface area contributed by atoms with Gasteiger partial charge in [0.2, 0.25) is 10.0 Å². The highest BCUT2D eigenvalue weighted by molar-refractivity contribution is 7.89. The maximum absolute atomic E-state index is 12.6. The van der Waals surface area contributed by atoms with E-state index in [4.69, 9.17) is 0 Å². The lowest BCUT2D eigenvalue weighted by molar-refractivity contribution is 0.302. The highest BCUT2D eigenvalue weighted by Gasteiger charge is 2.33. The third kappa shape index (κ3) is 4.04. The summed E-state index contributed by atoms with van der Waals surface area (Å²) >= 11 is 1.51. The van der Waals surface area contributed by atoms with E-state index < -0.39 is 10.0 Å². The van der Waals surface area contributed by atoms with Crippen LogP contribution < -0.4 is 5.32 Å². The third-order valence-electron chi connectivity index (χ3n) is 3.85. The van der Waals surface area contributed by atoms with Gasteiger partial charge in [-0.2, -0.15) is 4.31 Å². The van der Waals surface area contributed by atoms with E-state index in [-0.39, 0.29) is 0 Å². The lowest BCUT2D eigenvalue weighted by atomic mass is 10.2. The maximum Gasteiger partial charge on any atom is 0.243 e. The molecule has 7 heteroatoms. The van der Waals surface area contributed by atoms with Crippen LogP contribution in [-0.4, -0.2) is 57.4 Å². The first-order valence-electron chi connectivity index (χ1n) is 7.40. The molecule has 2 heterocycles. The van der Waals surface area contributed by atoms with Gasteiger partial charge in [0.25, 0.3) is 0 Å². The number of thiophene rings is 1. The van der Waals surface area contributed by atoms with E-state index in [2.05, 4.69) is 17.1 Å². The molecule has 1 fully saturated rings. The molecule has 1 aliphatic rings. The third-order valence-corrected chi connectivity index (χ3v) is 6.78. The van der Waals surface area contributed by atoms with Gasteiger partial charge in [0.1, 0.15) is 0 Å². The topological polar surface area (TPSA) is 52.7 Å². The number of rotatable bonds is 7. The van der Waals surface area contributed by atoms with Crippen LogP contribution in [0.25, 0.3) is 0 Å². The van der Waals surface area contributed by atoms with Crippen molar-refractivity contribution in [3.63, 3.8) is 0 Å². The Morgan fingerprint density at radius 3 is 2.86 bits per heavy atom. The van der Waals surface area contributed by atoms with Crippen LogP contribution in [0.2, 0.25) is 0 Å². The van der Waals surface area contributed by atoms with Crippen molar-refractivity contribution >= 4 is 21.4 Å². The minimum atomic E-state index is -3.33. The second-order valence-electron chi connectivity index (χ2n) is 5.69. The van der Waals surface area contributed by atoms with Crippen LogP contribution in [-0.2, 0) is 16.6 Å². The molecule has 1 unspecified atom stereocenters. The zero-order valence-electron chi connectivity index (χ0n) is 13.0. The Labute approximate surface area is 132 Å². The van der Waals surface area contributed by atoms with Crippen LogP contribution in [0, 0.1) is 0 Å². The fourth-order valence-electron chi connectivity index (χ4n) is 2.48. The van der Waals surface area contributed by atoms with Crippen molar-refractivity contribution in [1.82, 2.24) is 14.5 Å². The van der Waals surface area contributed by atoms with Crippen molar-refractivity contribution in [2.45, 2.75) is 37.2 Å². The summed E-state index contributed by atoms with van der Waals surface area (Å²) in [6.45, 7) is 5.02. The molecule has 0 aromatic carbocycles. The molecule has 21 heavy (non-hydrogen) atoms. The second-order valence-corrected chi connectivity index (χ2v) is 8.63. The molecule has 1 atom stereocenters. The molecule has 1 aromatic rings. The molecule has 1 saturated heterocycles. The lowest BCUT2D eigenvalue weighted by Crippen LogP contribution is -2.34. The Balaban J connectivity index is 2.03. The molecule has 0 bridgehead atoms. The van der Waals surface area contributed by atoms with Crippen LogP contribution in [0.1, 0.15) is 24.6 Å². The quantitative estimate of drug-likeness (QED) is 0.771. The number of hydrogen-bond acceptors (Lipinski definition) is 5. The predicted molar refractivity (Wildman–Crippen MR) is 87.2 cm³/mol. The van der Waals surface area contributed by atoms with E-state index in [9.17, 15) is 8.42 Å². The minimum absolute atomic E-state index is 0.323. The second kappa shape index (κ2) is 7.19. The standard InChI is InChI=1S/C14H25N3O2S2/c1-4-6-15-9-13-8-14(11-20-13)21(18,19)17-7-5-12(10-17)16(2)3/h8,11-12,15H,4-7,9-10H2,1-3H3. The lowest BCUT2D eigenvalue weighted by Gasteiger charge is -2.19. The SMILES string of the molecule is CCCNCc1cc(S(=O)(=O)N2CCC(N(C)C)C2)cs1. The molecule has 0 spiro atoms. The summed E-state index contributed by atoms with van der Waals surface area (Å²) in [6, 6.07) is 2.13. The van der Waals surface area contributed by atoms with Crippen molar-refractivity contribution < 1.29 is 8.42 Å². The first-order valence-corrected chi connectivity index (χ1v) is 9.71. The van der Waals surface area contributed by atoms with Crippen LogP contribution in [0.3, 0.4) is 0 Å². The van der Waals surface area contributed by atoms with Crippen LogP contribution in [0.5, 0.6) is 0 Å². The molecule has 0 aliphatic carbocycles. The number of likely N-dealkylation sites (N-methyl/N-ethyl adjacent to an activating group) is 1. The van der Waals surface area contributed by atoms with Gasteiger partial charge in [-0.15, -0.1) is 11.3 Å². The molecule has 5 nitrogen and oxygen atoms in total. The molecule has 120 valence electrons. The highest BCUT2D eigenvalue weighted by Crippen LogP contribution is 2.26. The number of sulfonamides is 1. The van der Waals surface area contributed by atoms with Crippen molar-refractivity contribution in [2.24, 2.45) is 0 Å². The molecule has 0 amide bonds. The van der Waals surface area contributed by atoms with Crippen molar-refractivity contribution in [2.75, 3.05) is 33.7 Å². The van der Waals surface area contributed by atoms with E-state index in [1.807, 2.05) is 20.2 Å². The summed E-state index contributed by atoms with van der Waals surface area (Å²) in [5.74, 6) is 0. The van der Waals surface area contributed by atoms with Gasteiger partial charge in [0, 0.05) is 35.9 Å². The fraction of sp³-hybridized carbons (Fsp3) is 0.714. The van der Waals surface area contributed by atoms with E-state index in [0.29, 0.717) is 24.0 Å². The molecule has 1 N–H and O–H groups in total. The Kier molecular flexibility index (Phi) is 5.79. The Hall–Kier alpha value is -0.470. The van der Waals surface area contributed by atoms with Gasteiger partial charge in [0.05, 0.1) is 4.90 Å². The zero-order chi connectivity index (χ0) is 15.5. The summed E-state index contributed by atoms with van der Waals surface area (Å²) in [6.07, 6.45) is 1.98. The zero-order valence-corrected chi connectivity index (χ0v) is 14.6. The van der Waals surface area contributed by atoms with Gasteiger partial charge in [-0.05, 0) is 39.5 Å². The molecule has 2 rings (SSSR count). The Morgan fingerprint density at radius 1 is 1.48 bits per heavy atom. The largest absolute Gasteiger partial charge is 0.312 e. The molecule has 1 aliphatic heterocycles. The summed E-state index contributed by atoms with van der Waals surface area (Å²) in [7, 11) is 0.680. The fourth-order valence-corrected chi connectivity index (χ4v) is 5.20. The van der Waals surface area contributed by atoms with Gasteiger partial charge in [-0.3, -0.25) is 0 Å². The van der Waals surface area contributed by atoms with E-state index in [0.717, 1.165) is 30.8 Å². The number of nitrogens with one attached hydrogen (secondary N) is 1. The smallest absolute Gasteiger partial charge is 0.243 e. The van der Waals surface area contributed by atoms with Crippen LogP contribution in [0.15, 0.2) is 16.3 Å². The average Bonchev–Trinajstić information content (AvgIpc) is 3.08. The van der Waals surface area contributed by atoms with Gasteiger partial charge in [-0.1, -0.05) is 6.92 Å². The molecule has 0 saturated carbocycles. The van der Waals surface area contributed by atoms with Crippen LogP contribution in [0.4, 0.5) is 0 Å². The molecular formula is C14H25N3O2S2. The van der Waals surface area contributed by atoms with E-state index in [1.54, 1.807) is 9.69 Å². The van der Waals surface area contributed by atoms with Crippen LogP contribution >= 0.6 is 11.3 Å². The monoisotopic (exact) mass is 331 g/mol. The Morgan fingerprint density at radius 2 is 2.24 bits per heavy atom. The summed E-state index contributed by atoms with van der Waals surface area (Å²) < 4.78 is 26.9. The molecule has 0 radical (unpaired) electrons. The van der Waals surface area contributed by atoms with Gasteiger partial charge < -0.3 is 10.2 Å². The van der Waals surface area contributed by atoms with E-state index >= 15 is 0 Å². The Bertz CT molecular complexity index is 554. The maximum atomic E-state index is 12.6. The van der Waals surface area contributed by atoms with Crippen molar-refractivity contribution in [3.8, 4) is 0 Å². The van der Waals surface area contributed by atoms with Gasteiger partial charge in [-0.25, -0.2) is 8.42 Å². The van der Waals surface area contributed by atoms with Crippen molar-refractivity contribution in [1.29, 1.82) is 0 Å². The number of nitrogens with zero attached hydrogens (tertiary/aromatic N) is 2. The highest BCUT2D eigenvalue weighted by atomic mass is 32.2. The first kappa shape index (κ1) is 16.9. The predicted octanol–water partition coefficient (Wildman–Crippen LogP) is 1.57. The first-order chi connectivity index (χ1) is 9.95. The normalized spacial score (nSPS) is 20.5. The molecular weight excluding hydrogens is 306 g/mol. The molecule has 1 aromatic heterocycles. The summed E-state index contributed by atoms with van der Waals surface area (Å²) in [4.78, 5) is 3.62. The van der Waals surface area contributed by atoms with Gasteiger partial charge >= 0.3 is 0 Å². The van der Waals surface area contributed by atoms with Crippen molar-refractivity contribution in [3.05, 3.63) is 16.3 Å².